The Morgan fingerprint density at radius 3 is 2.85 bits per heavy atom. The van der Waals surface area contributed by atoms with Crippen molar-refractivity contribution in [1.82, 2.24) is 4.98 Å². The first-order valence-corrected chi connectivity index (χ1v) is 6.67. The fourth-order valence-electron chi connectivity index (χ4n) is 2.23. The molecule has 110 valence electrons. The minimum Gasteiger partial charge on any atom is -0.408 e. The number of hydrogen-bond acceptors (Lipinski definition) is 5. The predicted octanol–water partition coefficient (Wildman–Crippen LogP) is 1.81. The normalized spacial score (nSPS) is 11.4. The van der Waals surface area contributed by atoms with Gasteiger partial charge in [-0.25, -0.2) is 4.79 Å². The zero-order chi connectivity index (χ0) is 14.7. The van der Waals surface area contributed by atoms with Crippen molar-refractivity contribution in [2.45, 2.75) is 13.8 Å². The second-order valence-corrected chi connectivity index (χ2v) is 5.25. The number of nitrogens with one attached hydrogen (secondary N) is 1. The van der Waals surface area contributed by atoms with E-state index in [1.54, 1.807) is 13.2 Å². The Labute approximate surface area is 117 Å². The minimum absolute atomic E-state index is 0.469. The molecule has 2 aromatic rings. The summed E-state index contributed by atoms with van der Waals surface area (Å²) in [6, 6.07) is 3.54. The topological polar surface area (TPSA) is 84.5 Å². The van der Waals surface area contributed by atoms with Crippen LogP contribution in [0.25, 0.3) is 11.1 Å². The Bertz CT molecular complexity index is 630. The summed E-state index contributed by atoms with van der Waals surface area (Å²) < 4.78 is 10.2. The molecule has 2 rings (SSSR count). The van der Waals surface area contributed by atoms with Crippen LogP contribution in [0.3, 0.4) is 0 Å². The summed E-state index contributed by atoms with van der Waals surface area (Å²) in [4.78, 5) is 16.1. The smallest absolute Gasteiger partial charge is 0.408 e. The molecular formula is C14H21N3O3. The SMILES string of the molecule is COCCN(CC(C)C)c1cc2[nH]c(=O)oc2cc1N. The predicted molar refractivity (Wildman–Crippen MR) is 80.2 cm³/mol. The molecule has 1 aromatic heterocycles. The van der Waals surface area contributed by atoms with Gasteiger partial charge >= 0.3 is 5.76 Å². The van der Waals surface area contributed by atoms with Gasteiger partial charge in [-0.15, -0.1) is 0 Å². The maximum absolute atomic E-state index is 11.2. The number of methoxy groups -OCH3 is 1. The molecule has 6 nitrogen and oxygen atoms in total. The second-order valence-electron chi connectivity index (χ2n) is 5.25. The molecule has 1 aromatic carbocycles. The van der Waals surface area contributed by atoms with E-state index in [1.807, 2.05) is 6.07 Å². The van der Waals surface area contributed by atoms with Gasteiger partial charge in [0.2, 0.25) is 0 Å². The summed E-state index contributed by atoms with van der Waals surface area (Å²) in [5, 5.41) is 0. The first kappa shape index (κ1) is 14.5. The number of H-pyrrole nitrogens is 1. The van der Waals surface area contributed by atoms with Gasteiger partial charge in [0.05, 0.1) is 23.5 Å². The first-order valence-electron chi connectivity index (χ1n) is 6.67. The number of oxazole rings is 1. The molecule has 0 fully saturated rings. The lowest BCUT2D eigenvalue weighted by atomic mass is 10.1. The largest absolute Gasteiger partial charge is 0.417 e. The highest BCUT2D eigenvalue weighted by molar-refractivity contribution is 5.85. The lowest BCUT2D eigenvalue weighted by Crippen LogP contribution is -2.31. The van der Waals surface area contributed by atoms with E-state index in [4.69, 9.17) is 14.9 Å². The molecule has 0 bridgehead atoms. The number of fused-ring (bicyclic) bond motifs is 1. The monoisotopic (exact) mass is 279 g/mol. The molecule has 0 saturated carbocycles. The van der Waals surface area contributed by atoms with Crippen LogP contribution in [-0.2, 0) is 4.74 Å². The molecule has 0 atom stereocenters. The van der Waals surface area contributed by atoms with Crippen LogP contribution in [0, 0.1) is 5.92 Å². The van der Waals surface area contributed by atoms with Crippen molar-refractivity contribution in [2.75, 3.05) is 37.4 Å². The third-order valence-corrected chi connectivity index (χ3v) is 3.06. The third kappa shape index (κ3) is 3.14. The fraction of sp³-hybridized carbons (Fsp3) is 0.500. The summed E-state index contributed by atoms with van der Waals surface area (Å²) in [6.07, 6.45) is 0. The average Bonchev–Trinajstić information content (AvgIpc) is 2.72. The van der Waals surface area contributed by atoms with E-state index < -0.39 is 5.76 Å². The van der Waals surface area contributed by atoms with Crippen LogP contribution < -0.4 is 16.4 Å². The molecule has 0 amide bonds. The van der Waals surface area contributed by atoms with Gasteiger partial charge in [0.15, 0.2) is 5.58 Å². The number of hydrogen-bond donors (Lipinski definition) is 2. The van der Waals surface area contributed by atoms with E-state index in [2.05, 4.69) is 23.7 Å². The Balaban J connectivity index is 2.39. The highest BCUT2D eigenvalue weighted by Crippen LogP contribution is 2.28. The number of nitrogens with two attached hydrogens (primary N) is 1. The summed E-state index contributed by atoms with van der Waals surface area (Å²) >= 11 is 0. The molecule has 20 heavy (non-hydrogen) atoms. The van der Waals surface area contributed by atoms with Gasteiger partial charge < -0.3 is 19.8 Å². The molecule has 1 heterocycles. The molecule has 0 aliphatic carbocycles. The van der Waals surface area contributed by atoms with Crippen LogP contribution >= 0.6 is 0 Å². The number of aromatic nitrogens is 1. The van der Waals surface area contributed by atoms with E-state index >= 15 is 0 Å². The highest BCUT2D eigenvalue weighted by atomic mass is 16.5. The summed E-state index contributed by atoms with van der Waals surface area (Å²) in [6.45, 7) is 6.52. The molecule has 0 unspecified atom stereocenters. The van der Waals surface area contributed by atoms with Crippen LogP contribution in [0.1, 0.15) is 13.8 Å². The standard InChI is InChI=1S/C14H21N3O3/c1-9(2)8-17(4-5-19-3)12-7-11-13(6-10(12)15)20-14(18)16-11/h6-7,9H,4-5,8,15H2,1-3H3,(H,16,18). The minimum atomic E-state index is -0.469. The maximum atomic E-state index is 11.2. The van der Waals surface area contributed by atoms with Crippen molar-refractivity contribution >= 4 is 22.5 Å². The molecular weight excluding hydrogens is 258 g/mol. The van der Waals surface area contributed by atoms with Gasteiger partial charge in [-0.1, -0.05) is 13.8 Å². The van der Waals surface area contributed by atoms with Crippen LogP contribution in [0.4, 0.5) is 11.4 Å². The molecule has 0 saturated heterocycles. The number of ether oxygens (including phenoxy) is 1. The van der Waals surface area contributed by atoms with Crippen LogP contribution in [0.15, 0.2) is 21.3 Å². The van der Waals surface area contributed by atoms with Crippen molar-refractivity contribution in [1.29, 1.82) is 0 Å². The Hall–Kier alpha value is -1.95. The number of benzene rings is 1. The fourth-order valence-corrected chi connectivity index (χ4v) is 2.23. The lowest BCUT2D eigenvalue weighted by Gasteiger charge is -2.27. The maximum Gasteiger partial charge on any atom is 0.417 e. The van der Waals surface area contributed by atoms with E-state index in [0.717, 1.165) is 18.8 Å². The number of aromatic amines is 1. The third-order valence-electron chi connectivity index (χ3n) is 3.06. The highest BCUT2D eigenvalue weighted by Gasteiger charge is 2.14. The number of nitrogens with zero attached hydrogens (tertiary/aromatic N) is 1. The number of nitrogen functional groups attached to an aromatic ring is 1. The van der Waals surface area contributed by atoms with E-state index in [-0.39, 0.29) is 0 Å². The Kier molecular flexibility index (Phi) is 4.34. The quantitative estimate of drug-likeness (QED) is 0.788. The first-order chi connectivity index (χ1) is 9.51. The van der Waals surface area contributed by atoms with E-state index in [9.17, 15) is 4.79 Å². The van der Waals surface area contributed by atoms with Crippen LogP contribution in [0.5, 0.6) is 0 Å². The van der Waals surface area contributed by atoms with E-state index in [0.29, 0.717) is 29.3 Å². The second kappa shape index (κ2) is 6.00. The van der Waals surface area contributed by atoms with Gasteiger partial charge in [0.25, 0.3) is 0 Å². The van der Waals surface area contributed by atoms with Crippen molar-refractivity contribution in [3.05, 3.63) is 22.7 Å². The van der Waals surface area contributed by atoms with Gasteiger partial charge in [0, 0.05) is 26.3 Å². The van der Waals surface area contributed by atoms with Gasteiger partial charge in [-0.05, 0) is 12.0 Å². The summed E-state index contributed by atoms with van der Waals surface area (Å²) in [7, 11) is 1.67. The Morgan fingerprint density at radius 2 is 2.20 bits per heavy atom. The van der Waals surface area contributed by atoms with Crippen molar-refractivity contribution < 1.29 is 9.15 Å². The van der Waals surface area contributed by atoms with Crippen molar-refractivity contribution in [3.8, 4) is 0 Å². The zero-order valence-corrected chi connectivity index (χ0v) is 12.1. The molecule has 0 aliphatic rings. The van der Waals surface area contributed by atoms with Gasteiger partial charge in [-0.2, -0.15) is 0 Å². The number of anilines is 2. The Morgan fingerprint density at radius 1 is 1.45 bits per heavy atom. The number of rotatable bonds is 6. The lowest BCUT2D eigenvalue weighted by molar-refractivity contribution is 0.204. The molecule has 0 radical (unpaired) electrons. The summed E-state index contributed by atoms with van der Waals surface area (Å²) in [5.74, 6) is 0.0224. The summed E-state index contributed by atoms with van der Waals surface area (Å²) in [5.41, 5.74) is 8.71. The molecule has 0 aliphatic heterocycles. The van der Waals surface area contributed by atoms with Crippen molar-refractivity contribution in [2.24, 2.45) is 5.92 Å². The molecule has 3 N–H and O–H groups in total. The zero-order valence-electron chi connectivity index (χ0n) is 12.1. The average molecular weight is 279 g/mol. The van der Waals surface area contributed by atoms with Gasteiger partial charge in [-0.3, -0.25) is 4.98 Å². The van der Waals surface area contributed by atoms with E-state index in [1.165, 1.54) is 0 Å². The van der Waals surface area contributed by atoms with Crippen LogP contribution in [-0.4, -0.2) is 31.8 Å². The molecule has 6 heteroatoms. The van der Waals surface area contributed by atoms with Gasteiger partial charge in [0.1, 0.15) is 0 Å². The van der Waals surface area contributed by atoms with Crippen LogP contribution in [0.2, 0.25) is 0 Å². The molecule has 0 spiro atoms. The van der Waals surface area contributed by atoms with Crippen molar-refractivity contribution in [3.63, 3.8) is 0 Å².